The molecule has 1 unspecified atom stereocenters. The first-order chi connectivity index (χ1) is 6.66. The van der Waals surface area contributed by atoms with Gasteiger partial charge in [0.15, 0.2) is 0 Å². The summed E-state index contributed by atoms with van der Waals surface area (Å²) in [6.45, 7) is 1.95. The van der Waals surface area contributed by atoms with Gasteiger partial charge in [-0.15, -0.1) is 0 Å². The molecule has 1 atom stereocenters. The minimum atomic E-state index is 0.427. The van der Waals surface area contributed by atoms with Gasteiger partial charge < -0.3 is 0 Å². The van der Waals surface area contributed by atoms with Crippen LogP contribution in [0.15, 0.2) is 33.6 Å². The van der Waals surface area contributed by atoms with Crippen molar-refractivity contribution in [1.29, 1.82) is 0 Å². The normalized spacial score (nSPS) is 19.9. The van der Waals surface area contributed by atoms with E-state index >= 15 is 0 Å². The van der Waals surface area contributed by atoms with Crippen LogP contribution in [0.5, 0.6) is 0 Å². The molecule has 4 nitrogen and oxygen atoms in total. The van der Waals surface area contributed by atoms with E-state index in [2.05, 4.69) is 22.5 Å². The van der Waals surface area contributed by atoms with E-state index in [1.807, 2.05) is 25.1 Å². The van der Waals surface area contributed by atoms with Gasteiger partial charge in [0.05, 0.1) is 0 Å². The Morgan fingerprint density at radius 3 is 2.79 bits per heavy atom. The van der Waals surface area contributed by atoms with Gasteiger partial charge >= 0.3 is 0 Å². The Morgan fingerprint density at radius 1 is 1.43 bits per heavy atom. The zero-order valence-corrected chi connectivity index (χ0v) is 8.41. The largest absolute Gasteiger partial charge is 0.241 e. The summed E-state index contributed by atoms with van der Waals surface area (Å²) in [5.41, 5.74) is 1.90. The Hall–Kier alpha value is -1.26. The fraction of sp³-hybridized carbons (Fsp3) is 0.111. The molecule has 1 aliphatic rings. The SMILES string of the molecule is [CH2-][NH+]1N=NC(c2ccc(C)c(Cl)c2)=N1. The molecule has 5 heteroatoms. The maximum atomic E-state index is 5.98. The third kappa shape index (κ3) is 1.66. The highest BCUT2D eigenvalue weighted by molar-refractivity contribution is 6.31. The molecule has 14 heavy (non-hydrogen) atoms. The third-order valence-electron chi connectivity index (χ3n) is 1.93. The van der Waals surface area contributed by atoms with E-state index < -0.39 is 0 Å². The maximum absolute atomic E-state index is 5.98. The van der Waals surface area contributed by atoms with Crippen LogP contribution in [0, 0.1) is 14.0 Å². The molecule has 1 aliphatic heterocycles. The van der Waals surface area contributed by atoms with Crippen molar-refractivity contribution < 1.29 is 5.12 Å². The molecule has 0 saturated carbocycles. The van der Waals surface area contributed by atoms with Crippen LogP contribution in [0.1, 0.15) is 11.1 Å². The lowest BCUT2D eigenvalue weighted by Crippen LogP contribution is -2.95. The molecule has 0 fully saturated rings. The van der Waals surface area contributed by atoms with Gasteiger partial charge in [0, 0.05) is 15.8 Å². The number of halogens is 1. The average molecular weight is 209 g/mol. The van der Waals surface area contributed by atoms with Crippen molar-refractivity contribution in [2.75, 3.05) is 0 Å². The number of amidine groups is 1. The monoisotopic (exact) mass is 208 g/mol. The molecule has 1 aromatic rings. The molecule has 1 heterocycles. The van der Waals surface area contributed by atoms with Crippen LogP contribution in [0.3, 0.4) is 0 Å². The molecule has 0 radical (unpaired) electrons. The van der Waals surface area contributed by atoms with Gasteiger partial charge in [-0.3, -0.25) is 0 Å². The molecule has 0 spiro atoms. The minimum Gasteiger partial charge on any atom is -0.192 e. The lowest BCUT2D eigenvalue weighted by Gasteiger charge is -1.99. The van der Waals surface area contributed by atoms with Gasteiger partial charge in [-0.1, -0.05) is 41.0 Å². The van der Waals surface area contributed by atoms with Gasteiger partial charge in [-0.05, 0) is 18.6 Å². The molecule has 1 aromatic carbocycles. The predicted octanol–water partition coefficient (Wildman–Crippen LogP) is 1.37. The van der Waals surface area contributed by atoms with Crippen molar-refractivity contribution in [3.8, 4) is 0 Å². The topological polar surface area (TPSA) is 41.5 Å². The highest BCUT2D eigenvalue weighted by Gasteiger charge is 2.12. The van der Waals surface area contributed by atoms with Crippen molar-refractivity contribution in [3.63, 3.8) is 0 Å². The van der Waals surface area contributed by atoms with E-state index in [4.69, 9.17) is 11.6 Å². The third-order valence-corrected chi connectivity index (χ3v) is 2.33. The fourth-order valence-electron chi connectivity index (χ4n) is 1.13. The van der Waals surface area contributed by atoms with Crippen LogP contribution in [-0.4, -0.2) is 5.84 Å². The van der Waals surface area contributed by atoms with Gasteiger partial charge in [-0.2, -0.15) is 5.12 Å². The first-order valence-electron chi connectivity index (χ1n) is 4.12. The van der Waals surface area contributed by atoms with E-state index in [1.54, 1.807) is 0 Å². The van der Waals surface area contributed by atoms with Gasteiger partial charge in [-0.25, -0.2) is 0 Å². The lowest BCUT2D eigenvalue weighted by molar-refractivity contribution is -0.868. The number of nitrogens with zero attached hydrogens (tertiary/aromatic N) is 3. The Balaban J connectivity index is 2.39. The fourth-order valence-corrected chi connectivity index (χ4v) is 1.31. The second kappa shape index (κ2) is 3.48. The molecule has 72 valence electrons. The van der Waals surface area contributed by atoms with E-state index in [1.165, 1.54) is 0 Å². The lowest BCUT2D eigenvalue weighted by atomic mass is 10.1. The summed E-state index contributed by atoms with van der Waals surface area (Å²) in [4.78, 5) is 0. The maximum Gasteiger partial charge on any atom is 0.241 e. The minimum absolute atomic E-state index is 0.427. The highest BCUT2D eigenvalue weighted by Crippen LogP contribution is 2.17. The molecular formula is C9H9ClN4. The molecule has 0 amide bonds. The molecule has 2 rings (SSSR count). The molecule has 1 N–H and O–H groups in total. The summed E-state index contributed by atoms with van der Waals surface area (Å²) in [5, 5.41) is 12.8. The summed E-state index contributed by atoms with van der Waals surface area (Å²) in [7, 11) is 3.59. The standard InChI is InChI=1S/C9H9ClN4/c1-6-3-4-7(5-8(6)10)9-11-13-14(2)12-9/h3-5,14H,2H2,1H3. The number of rotatable bonds is 1. The second-order valence-corrected chi connectivity index (χ2v) is 3.42. The van der Waals surface area contributed by atoms with Crippen LogP contribution < -0.4 is 5.12 Å². The number of hydrogen-bond acceptors (Lipinski definition) is 3. The second-order valence-electron chi connectivity index (χ2n) is 3.02. The van der Waals surface area contributed by atoms with Crippen LogP contribution >= 0.6 is 11.6 Å². The summed E-state index contributed by atoms with van der Waals surface area (Å²) < 4.78 is 0. The Morgan fingerprint density at radius 2 is 2.21 bits per heavy atom. The molecule has 0 saturated heterocycles. The van der Waals surface area contributed by atoms with Crippen LogP contribution in [0.4, 0.5) is 0 Å². The van der Waals surface area contributed by atoms with Crippen molar-refractivity contribution in [2.24, 2.45) is 15.4 Å². The van der Waals surface area contributed by atoms with Crippen LogP contribution in [-0.2, 0) is 0 Å². The van der Waals surface area contributed by atoms with Gasteiger partial charge in [0.25, 0.3) is 0 Å². The van der Waals surface area contributed by atoms with E-state index in [0.29, 0.717) is 16.0 Å². The van der Waals surface area contributed by atoms with Crippen molar-refractivity contribution >= 4 is 17.4 Å². The predicted molar refractivity (Wildman–Crippen MR) is 53.9 cm³/mol. The van der Waals surface area contributed by atoms with Crippen molar-refractivity contribution in [2.45, 2.75) is 6.92 Å². The number of benzene rings is 1. The summed E-state index contributed by atoms with van der Waals surface area (Å²) in [5.74, 6) is 0.567. The van der Waals surface area contributed by atoms with Gasteiger partial charge in [0.1, 0.15) is 0 Å². The van der Waals surface area contributed by atoms with E-state index in [0.717, 1.165) is 11.1 Å². The Labute approximate surface area is 86.9 Å². The van der Waals surface area contributed by atoms with Gasteiger partial charge in [0.2, 0.25) is 5.84 Å². The van der Waals surface area contributed by atoms with E-state index in [9.17, 15) is 0 Å². The van der Waals surface area contributed by atoms with E-state index in [-0.39, 0.29) is 0 Å². The molecular weight excluding hydrogens is 200 g/mol. The van der Waals surface area contributed by atoms with Crippen LogP contribution in [0.2, 0.25) is 5.02 Å². The zero-order valence-electron chi connectivity index (χ0n) is 7.66. The average Bonchev–Trinajstić information content (AvgIpc) is 2.57. The summed E-state index contributed by atoms with van der Waals surface area (Å²) in [6.07, 6.45) is 0. The zero-order chi connectivity index (χ0) is 10.1. The number of aryl methyl sites for hydroxylation is 1. The molecule has 0 aromatic heterocycles. The number of nitrogens with one attached hydrogen (secondary N) is 1. The Kier molecular flexibility index (Phi) is 2.31. The molecule has 0 aliphatic carbocycles. The molecule has 0 bridgehead atoms. The van der Waals surface area contributed by atoms with Crippen LogP contribution in [0.25, 0.3) is 0 Å². The van der Waals surface area contributed by atoms with Crippen molar-refractivity contribution in [1.82, 2.24) is 0 Å². The number of quaternary nitrogens is 1. The number of hydrogen-bond donors (Lipinski definition) is 1. The summed E-state index contributed by atoms with van der Waals surface area (Å²) in [6, 6.07) is 5.67. The smallest absolute Gasteiger partial charge is 0.192 e. The first kappa shape index (κ1) is 9.30. The quantitative estimate of drug-likeness (QED) is 0.678. The Bertz CT molecular complexity index is 425. The highest BCUT2D eigenvalue weighted by atomic mass is 35.5. The first-order valence-corrected chi connectivity index (χ1v) is 4.50. The van der Waals surface area contributed by atoms with Crippen molar-refractivity contribution in [3.05, 3.63) is 41.4 Å². The summed E-state index contributed by atoms with van der Waals surface area (Å²) >= 11 is 5.98.